The SMILES string of the molecule is CCOc1cc2c(nc1C(=O)NC)/C(=N/Br)N(CC(=O)c1cc(N(C)C)c(OC(C)=O)c(C(C)(C)C)c1)C2. The number of aromatic nitrogens is 1. The quantitative estimate of drug-likeness (QED) is 0.281. The highest BCUT2D eigenvalue weighted by atomic mass is 79.9. The van der Waals surface area contributed by atoms with Crippen LogP contribution in [-0.4, -0.2) is 67.7 Å². The lowest BCUT2D eigenvalue weighted by atomic mass is 9.84. The molecule has 2 aromatic rings. The van der Waals surface area contributed by atoms with E-state index in [1.807, 2.05) is 46.7 Å². The Morgan fingerprint density at radius 1 is 1.21 bits per heavy atom. The van der Waals surface area contributed by atoms with E-state index in [-0.39, 0.29) is 23.9 Å². The summed E-state index contributed by atoms with van der Waals surface area (Å²) in [7, 11) is 5.20. The molecule has 11 heteroatoms. The second-order valence-electron chi connectivity index (χ2n) is 10.2. The molecule has 204 valence electrons. The molecule has 0 spiro atoms. The molecule has 0 bridgehead atoms. The first-order valence-electron chi connectivity index (χ1n) is 12.2. The second-order valence-corrected chi connectivity index (χ2v) is 10.5. The number of carbonyl (C=O) groups excluding carboxylic acids is 3. The molecule has 1 N–H and O–H groups in total. The minimum Gasteiger partial charge on any atom is -0.491 e. The van der Waals surface area contributed by atoms with Gasteiger partial charge in [0, 0.05) is 51.3 Å². The van der Waals surface area contributed by atoms with Gasteiger partial charge in [-0.3, -0.25) is 14.4 Å². The van der Waals surface area contributed by atoms with Crippen molar-refractivity contribution < 1.29 is 23.9 Å². The summed E-state index contributed by atoms with van der Waals surface area (Å²) < 4.78 is 15.5. The minimum atomic E-state index is -0.430. The van der Waals surface area contributed by atoms with Gasteiger partial charge < -0.3 is 24.6 Å². The molecule has 1 aliphatic rings. The van der Waals surface area contributed by atoms with Crippen LogP contribution in [0.15, 0.2) is 22.2 Å². The van der Waals surface area contributed by atoms with Crippen LogP contribution in [0.25, 0.3) is 0 Å². The second kappa shape index (κ2) is 11.5. The van der Waals surface area contributed by atoms with Crippen LogP contribution in [0.2, 0.25) is 0 Å². The first-order valence-corrected chi connectivity index (χ1v) is 12.9. The number of Topliss-reactive ketones (excluding diaryl/α,β-unsaturated/α-hetero) is 1. The van der Waals surface area contributed by atoms with E-state index in [0.29, 0.717) is 47.4 Å². The fourth-order valence-corrected chi connectivity index (χ4v) is 4.62. The maximum absolute atomic E-state index is 13.6. The van der Waals surface area contributed by atoms with Crippen molar-refractivity contribution in [1.82, 2.24) is 15.2 Å². The summed E-state index contributed by atoms with van der Waals surface area (Å²) in [5, 5.41) is 2.58. The van der Waals surface area contributed by atoms with Crippen LogP contribution in [0.4, 0.5) is 5.69 Å². The van der Waals surface area contributed by atoms with Gasteiger partial charge in [-0.05, 0) is 30.5 Å². The summed E-state index contributed by atoms with van der Waals surface area (Å²) in [6.45, 7) is 9.95. The molecule has 0 unspecified atom stereocenters. The summed E-state index contributed by atoms with van der Waals surface area (Å²) >= 11 is 3.17. The largest absolute Gasteiger partial charge is 0.491 e. The fourth-order valence-electron chi connectivity index (χ4n) is 4.23. The summed E-state index contributed by atoms with van der Waals surface area (Å²) in [6.07, 6.45) is 0. The Labute approximate surface area is 231 Å². The molecule has 3 rings (SSSR count). The highest BCUT2D eigenvalue weighted by molar-refractivity contribution is 9.08. The van der Waals surface area contributed by atoms with Gasteiger partial charge in [0.2, 0.25) is 0 Å². The third kappa shape index (κ3) is 5.98. The molecule has 2 heterocycles. The van der Waals surface area contributed by atoms with Crippen LogP contribution in [0, 0.1) is 0 Å². The number of nitrogens with one attached hydrogen (secondary N) is 1. The van der Waals surface area contributed by atoms with Gasteiger partial charge in [0.05, 0.1) is 35.0 Å². The third-order valence-electron chi connectivity index (χ3n) is 6.02. The Balaban J connectivity index is 2.01. The number of hydrogen-bond donors (Lipinski definition) is 1. The number of carbonyl (C=O) groups is 3. The number of anilines is 1. The molecule has 0 aliphatic carbocycles. The monoisotopic (exact) mass is 587 g/mol. The third-order valence-corrected chi connectivity index (χ3v) is 6.36. The smallest absolute Gasteiger partial charge is 0.308 e. The van der Waals surface area contributed by atoms with Crippen molar-refractivity contribution in [2.45, 2.75) is 46.6 Å². The Kier molecular flexibility index (Phi) is 8.81. The van der Waals surface area contributed by atoms with E-state index in [0.717, 1.165) is 11.1 Å². The number of amidine groups is 1. The zero-order valence-corrected chi connectivity index (χ0v) is 24.6. The Morgan fingerprint density at radius 3 is 2.42 bits per heavy atom. The molecule has 10 nitrogen and oxygen atoms in total. The van der Waals surface area contributed by atoms with E-state index < -0.39 is 11.4 Å². The lowest BCUT2D eigenvalue weighted by molar-refractivity contribution is -0.131. The summed E-state index contributed by atoms with van der Waals surface area (Å²) in [4.78, 5) is 46.1. The van der Waals surface area contributed by atoms with E-state index in [1.165, 1.54) is 14.0 Å². The Morgan fingerprint density at radius 2 is 1.89 bits per heavy atom. The molecule has 1 amide bonds. The number of rotatable bonds is 8. The van der Waals surface area contributed by atoms with Crippen molar-refractivity contribution in [2.75, 3.05) is 39.2 Å². The molecule has 0 saturated carbocycles. The predicted molar refractivity (Wildman–Crippen MR) is 150 cm³/mol. The molecule has 0 fully saturated rings. The number of fused-ring (bicyclic) bond motifs is 1. The van der Waals surface area contributed by atoms with Crippen LogP contribution in [0.1, 0.15) is 72.3 Å². The molecular formula is C27H34BrN5O5. The van der Waals surface area contributed by atoms with Gasteiger partial charge in [-0.25, -0.2) is 4.98 Å². The predicted octanol–water partition coefficient (Wildman–Crippen LogP) is 3.88. The van der Waals surface area contributed by atoms with E-state index in [9.17, 15) is 14.4 Å². The molecule has 1 aromatic carbocycles. The molecular weight excluding hydrogens is 554 g/mol. The number of esters is 1. The van der Waals surface area contributed by atoms with E-state index in [1.54, 1.807) is 23.1 Å². The van der Waals surface area contributed by atoms with Crippen LogP contribution >= 0.6 is 16.1 Å². The number of ether oxygens (including phenoxy) is 2. The summed E-state index contributed by atoms with van der Waals surface area (Å²) in [5.74, 6) is 0.309. The normalized spacial score (nSPS) is 13.8. The molecule has 0 radical (unpaired) electrons. The number of hydrogen-bond acceptors (Lipinski definition) is 8. The maximum atomic E-state index is 13.6. The molecule has 0 atom stereocenters. The summed E-state index contributed by atoms with van der Waals surface area (Å²) in [6, 6.07) is 5.30. The topological polar surface area (TPSA) is 113 Å². The number of amides is 1. The zero-order chi connectivity index (χ0) is 28.4. The van der Waals surface area contributed by atoms with Crippen molar-refractivity contribution in [3.63, 3.8) is 0 Å². The molecule has 0 saturated heterocycles. The van der Waals surface area contributed by atoms with Gasteiger partial charge in [-0.1, -0.05) is 20.8 Å². The first kappa shape index (κ1) is 29.1. The van der Waals surface area contributed by atoms with Gasteiger partial charge in [0.15, 0.2) is 28.8 Å². The van der Waals surface area contributed by atoms with Crippen LogP contribution < -0.4 is 19.7 Å². The first-order chi connectivity index (χ1) is 17.8. The standard InChI is InChI=1S/C27H34BrN5O5/c1-9-37-21-12-17-13-33(25(31-28)22(17)30-23(21)26(36)29-6)14-20(35)16-10-18(27(3,4)5)24(38-15(2)34)19(11-16)32(7)8/h10-12H,9,13-14H2,1-8H3,(H,29,36)/b31-25-. The maximum Gasteiger partial charge on any atom is 0.308 e. The Bertz CT molecular complexity index is 1300. The van der Waals surface area contributed by atoms with Crippen molar-refractivity contribution in [3.8, 4) is 11.5 Å². The van der Waals surface area contributed by atoms with Crippen LogP contribution in [0.3, 0.4) is 0 Å². The average Bonchev–Trinajstić information content (AvgIpc) is 3.17. The highest BCUT2D eigenvalue weighted by Crippen LogP contribution is 2.40. The van der Waals surface area contributed by atoms with Gasteiger partial charge in [-0.15, -0.1) is 0 Å². The molecule has 38 heavy (non-hydrogen) atoms. The average molecular weight is 589 g/mol. The van der Waals surface area contributed by atoms with Crippen molar-refractivity contribution in [2.24, 2.45) is 4.02 Å². The summed E-state index contributed by atoms with van der Waals surface area (Å²) in [5.41, 5.74) is 2.92. The van der Waals surface area contributed by atoms with E-state index in [2.05, 4.69) is 30.5 Å². The number of nitrogens with zero attached hydrogens (tertiary/aromatic N) is 4. The van der Waals surface area contributed by atoms with Gasteiger partial charge in [0.25, 0.3) is 5.91 Å². The number of halogens is 1. The number of ketones is 1. The van der Waals surface area contributed by atoms with Gasteiger partial charge in [0.1, 0.15) is 5.69 Å². The highest BCUT2D eigenvalue weighted by Gasteiger charge is 2.33. The number of benzene rings is 1. The number of pyridine rings is 1. The Hall–Kier alpha value is -3.47. The van der Waals surface area contributed by atoms with Gasteiger partial charge >= 0.3 is 5.97 Å². The lowest BCUT2D eigenvalue weighted by Gasteiger charge is -2.27. The molecule has 1 aromatic heterocycles. The van der Waals surface area contributed by atoms with Crippen molar-refractivity contribution in [1.29, 1.82) is 0 Å². The fraction of sp³-hybridized carbons (Fsp3) is 0.444. The lowest BCUT2D eigenvalue weighted by Crippen LogP contribution is -2.31. The van der Waals surface area contributed by atoms with E-state index in [4.69, 9.17) is 9.47 Å². The van der Waals surface area contributed by atoms with Crippen LogP contribution in [-0.2, 0) is 16.8 Å². The van der Waals surface area contributed by atoms with Crippen LogP contribution in [0.5, 0.6) is 11.5 Å². The van der Waals surface area contributed by atoms with E-state index >= 15 is 0 Å². The van der Waals surface area contributed by atoms with Gasteiger partial charge in [-0.2, -0.15) is 4.02 Å². The van der Waals surface area contributed by atoms with Crippen molar-refractivity contribution >= 4 is 45.3 Å². The van der Waals surface area contributed by atoms with Crippen molar-refractivity contribution in [3.05, 3.63) is 46.3 Å². The minimum absolute atomic E-state index is 0.0173. The molecule has 1 aliphatic heterocycles. The zero-order valence-electron chi connectivity index (χ0n) is 23.1.